The molecule has 0 heterocycles. The van der Waals surface area contributed by atoms with Gasteiger partial charge in [0.15, 0.2) is 0 Å². The van der Waals surface area contributed by atoms with E-state index in [9.17, 15) is 0 Å². The van der Waals surface area contributed by atoms with Crippen molar-refractivity contribution in [1.82, 2.24) is 5.32 Å². The van der Waals surface area contributed by atoms with Gasteiger partial charge in [-0.1, -0.05) is 13.8 Å². The van der Waals surface area contributed by atoms with Crippen LogP contribution >= 0.6 is 0 Å². The molecule has 1 unspecified atom stereocenters. The van der Waals surface area contributed by atoms with Crippen molar-refractivity contribution < 1.29 is 5.11 Å². The van der Waals surface area contributed by atoms with E-state index in [0.29, 0.717) is 12.6 Å². The third-order valence-corrected chi connectivity index (χ3v) is 1.70. The minimum Gasteiger partial charge on any atom is -0.396 e. The Morgan fingerprint density at radius 1 is 1.40 bits per heavy atom. The van der Waals surface area contributed by atoms with Gasteiger partial charge in [-0.25, -0.2) is 0 Å². The number of rotatable bonds is 6. The first-order valence-electron chi connectivity index (χ1n) is 4.19. The first kappa shape index (κ1) is 9.92. The lowest BCUT2D eigenvalue weighted by Gasteiger charge is -2.14. The van der Waals surface area contributed by atoms with Crippen LogP contribution in [0.25, 0.3) is 0 Å². The summed E-state index contributed by atoms with van der Waals surface area (Å²) in [6, 6.07) is 0.608. The van der Waals surface area contributed by atoms with Crippen LogP contribution in [0.1, 0.15) is 33.1 Å². The van der Waals surface area contributed by atoms with Crippen molar-refractivity contribution >= 4 is 0 Å². The average Bonchev–Trinajstić information content (AvgIpc) is 1.98. The summed E-state index contributed by atoms with van der Waals surface area (Å²) >= 11 is 0. The molecule has 0 aliphatic rings. The van der Waals surface area contributed by atoms with Crippen LogP contribution in [0.15, 0.2) is 0 Å². The lowest BCUT2D eigenvalue weighted by atomic mass is 10.1. The van der Waals surface area contributed by atoms with Gasteiger partial charge in [-0.2, -0.15) is 0 Å². The Morgan fingerprint density at radius 2 is 2.10 bits per heavy atom. The summed E-state index contributed by atoms with van der Waals surface area (Å²) < 4.78 is 0. The second kappa shape index (κ2) is 7.03. The van der Waals surface area contributed by atoms with Crippen molar-refractivity contribution in [1.29, 1.82) is 0 Å². The quantitative estimate of drug-likeness (QED) is 0.587. The molecule has 0 aromatic heterocycles. The van der Waals surface area contributed by atoms with E-state index in [2.05, 4.69) is 19.2 Å². The molecule has 0 saturated heterocycles. The largest absolute Gasteiger partial charge is 0.396 e. The fourth-order valence-corrected chi connectivity index (χ4v) is 1.08. The molecule has 2 heteroatoms. The Labute approximate surface area is 63.6 Å². The van der Waals surface area contributed by atoms with Gasteiger partial charge in [-0.15, -0.1) is 0 Å². The zero-order valence-electron chi connectivity index (χ0n) is 7.06. The van der Waals surface area contributed by atoms with Crippen LogP contribution in [0.4, 0.5) is 0 Å². The first-order chi connectivity index (χ1) is 4.85. The smallest absolute Gasteiger partial charge is 0.0431 e. The van der Waals surface area contributed by atoms with E-state index in [1.165, 1.54) is 0 Å². The molecule has 0 fully saturated rings. The monoisotopic (exact) mass is 145 g/mol. The predicted molar refractivity (Wildman–Crippen MR) is 44.1 cm³/mol. The number of aliphatic hydroxyl groups is 1. The molecule has 0 amide bonds. The van der Waals surface area contributed by atoms with Crippen LogP contribution in [0.3, 0.4) is 0 Å². The molecule has 1 atom stereocenters. The van der Waals surface area contributed by atoms with Crippen molar-refractivity contribution in [2.24, 2.45) is 0 Å². The molecule has 0 aromatic carbocycles. The van der Waals surface area contributed by atoms with Crippen molar-refractivity contribution in [3.05, 3.63) is 0 Å². The molecular formula is C8H19NO. The van der Waals surface area contributed by atoms with Crippen molar-refractivity contribution in [2.45, 2.75) is 39.2 Å². The highest BCUT2D eigenvalue weighted by atomic mass is 16.2. The highest BCUT2D eigenvalue weighted by Crippen LogP contribution is 1.99. The number of hydrogen-bond donors (Lipinski definition) is 2. The number of hydrogen-bond acceptors (Lipinski definition) is 2. The zero-order chi connectivity index (χ0) is 7.82. The molecule has 0 aliphatic heterocycles. The fraction of sp³-hybridized carbons (Fsp3) is 1.00. The zero-order valence-corrected chi connectivity index (χ0v) is 7.06. The lowest BCUT2D eigenvalue weighted by molar-refractivity contribution is 0.274. The van der Waals surface area contributed by atoms with E-state index in [1.54, 1.807) is 0 Å². The molecule has 2 N–H and O–H groups in total. The van der Waals surface area contributed by atoms with Crippen LogP contribution in [0.2, 0.25) is 0 Å². The Bertz CT molecular complexity index is 66.3. The Hall–Kier alpha value is -0.0800. The van der Waals surface area contributed by atoms with Gasteiger partial charge < -0.3 is 10.4 Å². The summed E-state index contributed by atoms with van der Waals surface area (Å²) in [5.74, 6) is 0. The van der Waals surface area contributed by atoms with Gasteiger partial charge in [0.1, 0.15) is 0 Å². The summed E-state index contributed by atoms with van der Waals surface area (Å²) in [6.07, 6.45) is 3.18. The Kier molecular flexibility index (Phi) is 6.98. The van der Waals surface area contributed by atoms with Gasteiger partial charge in [-0.3, -0.25) is 0 Å². The van der Waals surface area contributed by atoms with E-state index in [1.807, 2.05) is 0 Å². The van der Waals surface area contributed by atoms with Crippen LogP contribution in [-0.2, 0) is 0 Å². The first-order valence-corrected chi connectivity index (χ1v) is 4.19. The second-order valence-corrected chi connectivity index (χ2v) is 2.53. The molecule has 2 nitrogen and oxygen atoms in total. The summed E-state index contributed by atoms with van der Waals surface area (Å²) in [7, 11) is 0. The van der Waals surface area contributed by atoms with Crippen LogP contribution < -0.4 is 5.32 Å². The minimum absolute atomic E-state index is 0.321. The summed E-state index contributed by atoms with van der Waals surface area (Å²) in [4.78, 5) is 0. The maximum absolute atomic E-state index is 8.55. The fourth-order valence-electron chi connectivity index (χ4n) is 1.08. The van der Waals surface area contributed by atoms with Gasteiger partial charge in [0, 0.05) is 12.6 Å². The third-order valence-electron chi connectivity index (χ3n) is 1.70. The highest BCUT2D eigenvalue weighted by Gasteiger charge is 2.01. The van der Waals surface area contributed by atoms with Gasteiger partial charge in [0.2, 0.25) is 0 Å². The van der Waals surface area contributed by atoms with Gasteiger partial charge in [-0.05, 0) is 25.8 Å². The minimum atomic E-state index is 0.321. The van der Waals surface area contributed by atoms with Crippen molar-refractivity contribution in [3.63, 3.8) is 0 Å². The normalized spacial score (nSPS) is 13.5. The molecule has 0 aliphatic carbocycles. The van der Waals surface area contributed by atoms with Gasteiger partial charge >= 0.3 is 0 Å². The van der Waals surface area contributed by atoms with E-state index in [0.717, 1.165) is 25.8 Å². The van der Waals surface area contributed by atoms with Crippen molar-refractivity contribution in [2.75, 3.05) is 13.2 Å². The Morgan fingerprint density at radius 3 is 2.50 bits per heavy atom. The molecule has 0 saturated carbocycles. The summed E-state index contributed by atoms with van der Waals surface area (Å²) in [6.45, 7) is 5.64. The molecule has 0 spiro atoms. The van der Waals surface area contributed by atoms with Gasteiger partial charge in [0.25, 0.3) is 0 Å². The summed E-state index contributed by atoms with van der Waals surface area (Å²) in [5.41, 5.74) is 0. The van der Waals surface area contributed by atoms with E-state index in [4.69, 9.17) is 5.11 Å². The predicted octanol–water partition coefficient (Wildman–Crippen LogP) is 1.15. The molecule has 0 radical (unpaired) electrons. The number of aliphatic hydroxyl groups excluding tert-OH is 1. The molecule has 0 bridgehead atoms. The van der Waals surface area contributed by atoms with Crippen LogP contribution in [-0.4, -0.2) is 24.3 Å². The topological polar surface area (TPSA) is 32.3 Å². The van der Waals surface area contributed by atoms with Crippen LogP contribution in [0, 0.1) is 0 Å². The number of nitrogens with one attached hydrogen (secondary N) is 1. The van der Waals surface area contributed by atoms with E-state index in [-0.39, 0.29) is 0 Å². The highest BCUT2D eigenvalue weighted by molar-refractivity contribution is 4.62. The second-order valence-electron chi connectivity index (χ2n) is 2.53. The van der Waals surface area contributed by atoms with Crippen molar-refractivity contribution in [3.8, 4) is 0 Å². The van der Waals surface area contributed by atoms with Gasteiger partial charge in [0.05, 0.1) is 0 Å². The maximum atomic E-state index is 8.55. The SMILES string of the molecule is CCNC(CC)CCCO. The molecule has 62 valence electrons. The van der Waals surface area contributed by atoms with Crippen LogP contribution in [0.5, 0.6) is 0 Å². The summed E-state index contributed by atoms with van der Waals surface area (Å²) in [5, 5.41) is 11.9. The third kappa shape index (κ3) is 4.77. The molecular weight excluding hydrogens is 126 g/mol. The molecule has 0 rings (SSSR count). The standard InChI is InChI=1S/C8H19NO/c1-3-8(9-4-2)6-5-7-10/h8-10H,3-7H2,1-2H3. The van der Waals surface area contributed by atoms with E-state index < -0.39 is 0 Å². The maximum Gasteiger partial charge on any atom is 0.0431 e. The van der Waals surface area contributed by atoms with E-state index >= 15 is 0 Å². The Balaban J connectivity index is 3.21. The molecule has 10 heavy (non-hydrogen) atoms. The molecule has 0 aromatic rings. The average molecular weight is 145 g/mol. The lowest BCUT2D eigenvalue weighted by Crippen LogP contribution is -2.28.